The van der Waals surface area contributed by atoms with Crippen LogP contribution in [0.5, 0.6) is 0 Å². The second-order valence-electron chi connectivity index (χ2n) is 5.29. The molecule has 7 nitrogen and oxygen atoms in total. The van der Waals surface area contributed by atoms with E-state index in [1.54, 1.807) is 14.1 Å². The van der Waals surface area contributed by atoms with Gasteiger partial charge in [-0.3, -0.25) is 9.89 Å². The smallest absolute Gasteiger partial charge is 0.258 e. The third kappa shape index (κ3) is 2.41. The van der Waals surface area contributed by atoms with Crippen molar-refractivity contribution in [3.63, 3.8) is 0 Å². The van der Waals surface area contributed by atoms with Gasteiger partial charge in [0.15, 0.2) is 0 Å². The van der Waals surface area contributed by atoms with Crippen molar-refractivity contribution in [2.75, 3.05) is 19.4 Å². The molecule has 0 radical (unpaired) electrons. The molecule has 2 N–H and O–H groups in total. The van der Waals surface area contributed by atoms with Crippen LogP contribution in [0.1, 0.15) is 16.2 Å². The van der Waals surface area contributed by atoms with Gasteiger partial charge in [-0.1, -0.05) is 12.1 Å². The minimum absolute atomic E-state index is 0.0961. The number of para-hydroxylation sites is 2. The number of carbonyl (C=O) groups is 1. The van der Waals surface area contributed by atoms with Crippen LogP contribution in [0.25, 0.3) is 11.0 Å². The minimum Gasteiger partial charge on any atom is -0.363 e. The van der Waals surface area contributed by atoms with Crippen LogP contribution in [0.3, 0.4) is 0 Å². The third-order valence-electron chi connectivity index (χ3n) is 3.58. The van der Waals surface area contributed by atoms with Crippen LogP contribution in [0.2, 0.25) is 0 Å². The van der Waals surface area contributed by atoms with Gasteiger partial charge in [0.2, 0.25) is 0 Å². The molecule has 0 aliphatic carbocycles. The lowest BCUT2D eigenvalue weighted by Crippen LogP contribution is -2.22. The van der Waals surface area contributed by atoms with Gasteiger partial charge in [0.1, 0.15) is 17.2 Å². The van der Waals surface area contributed by atoms with Crippen molar-refractivity contribution in [3.05, 3.63) is 41.9 Å². The van der Waals surface area contributed by atoms with Crippen molar-refractivity contribution in [1.29, 1.82) is 0 Å². The number of nitrogens with zero attached hydrogens (tertiary/aromatic N) is 4. The summed E-state index contributed by atoms with van der Waals surface area (Å²) in [7, 11) is 5.40. The lowest BCUT2D eigenvalue weighted by molar-refractivity contribution is 0.0828. The zero-order valence-electron chi connectivity index (χ0n) is 12.8. The molecule has 0 aliphatic heterocycles. The van der Waals surface area contributed by atoms with Crippen molar-refractivity contribution in [3.8, 4) is 0 Å². The van der Waals surface area contributed by atoms with Gasteiger partial charge in [0.05, 0.1) is 23.8 Å². The van der Waals surface area contributed by atoms with Crippen LogP contribution in [-0.2, 0) is 13.6 Å². The van der Waals surface area contributed by atoms with Crippen LogP contribution in [0.15, 0.2) is 30.5 Å². The number of nitrogens with one attached hydrogen (secondary N) is 2. The molecule has 0 fully saturated rings. The number of imidazole rings is 1. The lowest BCUT2D eigenvalue weighted by Gasteiger charge is -2.11. The Kier molecular flexibility index (Phi) is 3.54. The molecule has 0 unspecified atom stereocenters. The highest BCUT2D eigenvalue weighted by Crippen LogP contribution is 2.17. The Morgan fingerprint density at radius 2 is 2.14 bits per heavy atom. The molecule has 7 heteroatoms. The quantitative estimate of drug-likeness (QED) is 0.767. The highest BCUT2D eigenvalue weighted by Gasteiger charge is 2.16. The second-order valence-corrected chi connectivity index (χ2v) is 5.29. The van der Waals surface area contributed by atoms with E-state index in [1.807, 2.05) is 35.9 Å². The number of H-pyrrole nitrogens is 1. The number of hydrogen-bond donors (Lipinski definition) is 2. The van der Waals surface area contributed by atoms with Crippen LogP contribution in [0, 0.1) is 0 Å². The summed E-state index contributed by atoms with van der Waals surface area (Å²) in [6.45, 7) is 0.501. The first-order valence-corrected chi connectivity index (χ1v) is 6.97. The number of anilines is 1. The molecule has 2 aromatic heterocycles. The van der Waals surface area contributed by atoms with E-state index in [1.165, 1.54) is 11.1 Å². The summed E-state index contributed by atoms with van der Waals surface area (Å²) >= 11 is 0. The average Bonchev–Trinajstić information content (AvgIpc) is 3.09. The summed E-state index contributed by atoms with van der Waals surface area (Å²) in [6, 6.07) is 7.97. The highest BCUT2D eigenvalue weighted by atomic mass is 16.2. The van der Waals surface area contributed by atoms with E-state index in [2.05, 4.69) is 20.5 Å². The molecule has 3 rings (SSSR count). The monoisotopic (exact) mass is 298 g/mol. The first-order chi connectivity index (χ1) is 10.6. The fourth-order valence-corrected chi connectivity index (χ4v) is 2.34. The predicted molar refractivity (Wildman–Crippen MR) is 84.6 cm³/mol. The summed E-state index contributed by atoms with van der Waals surface area (Å²) in [4.78, 5) is 18.2. The fourth-order valence-electron chi connectivity index (χ4n) is 2.34. The van der Waals surface area contributed by atoms with Crippen molar-refractivity contribution in [1.82, 2.24) is 24.6 Å². The van der Waals surface area contributed by atoms with E-state index >= 15 is 0 Å². The Hall–Kier alpha value is -2.83. The minimum atomic E-state index is -0.0961. The van der Waals surface area contributed by atoms with Gasteiger partial charge < -0.3 is 14.8 Å². The number of aromatic amines is 1. The SMILES string of the molecule is CN(C)C(=O)c1cn[nH]c1NCc1nc2ccccc2n1C. The molecule has 0 saturated carbocycles. The Labute approximate surface area is 128 Å². The summed E-state index contributed by atoms with van der Waals surface area (Å²) in [6.07, 6.45) is 1.53. The molecule has 2 heterocycles. The predicted octanol–water partition coefficient (Wildman–Crippen LogP) is 1.61. The van der Waals surface area contributed by atoms with Crippen LogP contribution >= 0.6 is 0 Å². The molecule has 0 saturated heterocycles. The van der Waals surface area contributed by atoms with Gasteiger partial charge in [0.25, 0.3) is 5.91 Å². The summed E-state index contributed by atoms with van der Waals surface area (Å²) in [5, 5.41) is 9.96. The Balaban J connectivity index is 1.82. The fraction of sp³-hybridized carbons (Fsp3) is 0.267. The molecule has 0 aliphatic rings. The third-order valence-corrected chi connectivity index (χ3v) is 3.58. The van der Waals surface area contributed by atoms with Gasteiger partial charge >= 0.3 is 0 Å². The van der Waals surface area contributed by atoms with Crippen LogP contribution in [0.4, 0.5) is 5.82 Å². The standard InChI is InChI=1S/C15H18N6O/c1-20(2)15(22)10-8-17-19-14(10)16-9-13-18-11-6-4-5-7-12(11)21(13)3/h4-8H,9H2,1-3H3,(H2,16,17,19). The molecule has 114 valence electrons. The molecular formula is C15H18N6O. The van der Waals surface area contributed by atoms with Crippen LogP contribution in [-0.4, -0.2) is 44.7 Å². The van der Waals surface area contributed by atoms with Gasteiger partial charge in [-0.15, -0.1) is 0 Å². The summed E-state index contributed by atoms with van der Waals surface area (Å²) in [5.74, 6) is 1.39. The Morgan fingerprint density at radius 1 is 1.36 bits per heavy atom. The molecule has 1 amide bonds. The lowest BCUT2D eigenvalue weighted by atomic mass is 10.3. The second kappa shape index (κ2) is 5.51. The molecule has 0 atom stereocenters. The van der Waals surface area contributed by atoms with E-state index in [-0.39, 0.29) is 5.91 Å². The number of benzene rings is 1. The van der Waals surface area contributed by atoms with Crippen molar-refractivity contribution >= 4 is 22.8 Å². The summed E-state index contributed by atoms with van der Waals surface area (Å²) < 4.78 is 2.03. The molecule has 1 aromatic carbocycles. The van der Waals surface area contributed by atoms with E-state index in [0.29, 0.717) is 17.9 Å². The first-order valence-electron chi connectivity index (χ1n) is 6.97. The van der Waals surface area contributed by atoms with E-state index < -0.39 is 0 Å². The number of carbonyl (C=O) groups excluding carboxylic acids is 1. The van der Waals surface area contributed by atoms with Gasteiger partial charge in [-0.05, 0) is 12.1 Å². The number of fused-ring (bicyclic) bond motifs is 1. The zero-order valence-corrected chi connectivity index (χ0v) is 12.8. The maximum absolute atomic E-state index is 12.1. The van der Waals surface area contributed by atoms with E-state index in [4.69, 9.17) is 0 Å². The molecule has 3 aromatic rings. The van der Waals surface area contributed by atoms with Crippen LogP contribution < -0.4 is 5.32 Å². The Morgan fingerprint density at radius 3 is 2.86 bits per heavy atom. The first kappa shape index (κ1) is 14.1. The number of aromatic nitrogens is 4. The normalized spacial score (nSPS) is 10.9. The molecule has 0 bridgehead atoms. The number of aryl methyl sites for hydroxylation is 1. The highest BCUT2D eigenvalue weighted by molar-refractivity contribution is 5.98. The molecule has 0 spiro atoms. The topological polar surface area (TPSA) is 78.8 Å². The van der Waals surface area contributed by atoms with Gasteiger partial charge in [0, 0.05) is 21.1 Å². The molecule has 22 heavy (non-hydrogen) atoms. The number of rotatable bonds is 4. The van der Waals surface area contributed by atoms with Gasteiger partial charge in [-0.25, -0.2) is 4.98 Å². The van der Waals surface area contributed by atoms with Gasteiger partial charge in [-0.2, -0.15) is 5.10 Å². The Bertz CT molecular complexity index is 816. The van der Waals surface area contributed by atoms with E-state index in [0.717, 1.165) is 16.9 Å². The number of amides is 1. The number of hydrogen-bond acceptors (Lipinski definition) is 4. The largest absolute Gasteiger partial charge is 0.363 e. The maximum Gasteiger partial charge on any atom is 0.258 e. The van der Waals surface area contributed by atoms with Crippen molar-refractivity contribution in [2.45, 2.75) is 6.54 Å². The summed E-state index contributed by atoms with van der Waals surface area (Å²) in [5.41, 5.74) is 2.55. The average molecular weight is 298 g/mol. The maximum atomic E-state index is 12.1. The zero-order chi connectivity index (χ0) is 15.7. The van der Waals surface area contributed by atoms with E-state index in [9.17, 15) is 4.79 Å². The van der Waals surface area contributed by atoms with Crippen molar-refractivity contribution in [2.24, 2.45) is 7.05 Å². The van der Waals surface area contributed by atoms with Crippen molar-refractivity contribution < 1.29 is 4.79 Å². The molecular weight excluding hydrogens is 280 g/mol.